The number of nitro groups is 1. The molecule has 2 fully saturated rings. The number of nitrogens with zero attached hydrogens (tertiary/aromatic N) is 4. The van der Waals surface area contributed by atoms with Gasteiger partial charge < -0.3 is 14.4 Å². The van der Waals surface area contributed by atoms with Gasteiger partial charge in [0.25, 0.3) is 5.91 Å². The number of pyridine rings is 1. The number of anilines is 2. The topological polar surface area (TPSA) is 98.0 Å². The molecule has 0 radical (unpaired) electrons. The molecule has 1 aromatic rings. The van der Waals surface area contributed by atoms with Gasteiger partial charge in [-0.25, -0.2) is 4.98 Å². The minimum Gasteiger partial charge on any atom is -0.378 e. The van der Waals surface area contributed by atoms with E-state index in [2.05, 4.69) is 4.98 Å². The average Bonchev–Trinajstić information content (AvgIpc) is 2.63. The van der Waals surface area contributed by atoms with E-state index in [4.69, 9.17) is 21.1 Å². The molecule has 0 N–H and O–H groups in total. The summed E-state index contributed by atoms with van der Waals surface area (Å²) in [5, 5.41) is 11.7. The highest BCUT2D eigenvalue weighted by molar-refractivity contribution is 6.30. The monoisotopic (exact) mass is 372 g/mol. The van der Waals surface area contributed by atoms with Crippen molar-refractivity contribution in [2.75, 3.05) is 55.9 Å². The minimum absolute atomic E-state index is 0.0303. The van der Waals surface area contributed by atoms with E-state index in [0.717, 1.165) is 0 Å². The predicted octanol–water partition coefficient (Wildman–Crippen LogP) is 1.87. The van der Waals surface area contributed by atoms with Crippen molar-refractivity contribution >= 4 is 34.7 Å². The molecule has 25 heavy (non-hydrogen) atoms. The quantitative estimate of drug-likeness (QED) is 0.453. The highest BCUT2D eigenvalue weighted by Crippen LogP contribution is 2.39. The third-order valence-electron chi connectivity index (χ3n) is 3.70. The van der Waals surface area contributed by atoms with Gasteiger partial charge in [-0.15, -0.1) is 0 Å². The van der Waals surface area contributed by atoms with Crippen molar-refractivity contribution in [2.24, 2.45) is 0 Å². The molecule has 2 aliphatic heterocycles. The van der Waals surface area contributed by atoms with Gasteiger partial charge in [-0.2, -0.15) is 0 Å². The maximum atomic E-state index is 12.0. The lowest BCUT2D eigenvalue weighted by Gasteiger charge is -2.30. The van der Waals surface area contributed by atoms with E-state index < -0.39 is 4.92 Å². The van der Waals surface area contributed by atoms with Gasteiger partial charge in [0, 0.05) is 19.2 Å². The van der Waals surface area contributed by atoms with Crippen molar-refractivity contribution in [1.29, 1.82) is 0 Å². The highest BCUT2D eigenvalue weighted by Gasteiger charge is 2.34. The molecule has 1 aromatic heterocycles. The third kappa shape index (κ3) is 4.36. The second kappa shape index (κ2) is 8.93. The summed E-state index contributed by atoms with van der Waals surface area (Å²) in [7, 11) is 0. The van der Waals surface area contributed by atoms with Gasteiger partial charge in [-0.3, -0.25) is 19.8 Å². The van der Waals surface area contributed by atoms with Crippen LogP contribution in [0.3, 0.4) is 0 Å². The summed E-state index contributed by atoms with van der Waals surface area (Å²) in [6.45, 7) is 6.35. The van der Waals surface area contributed by atoms with E-state index in [9.17, 15) is 14.9 Å². The number of aromatic nitrogens is 1. The SMILES string of the molecule is CC.O=C1COCCN1c1nc(Cl)cc(N2CCOCC2)c1[N+](=O)[O-]. The van der Waals surface area contributed by atoms with Gasteiger partial charge in [-0.05, 0) is 0 Å². The number of rotatable bonds is 3. The van der Waals surface area contributed by atoms with Crippen LogP contribution in [0.1, 0.15) is 13.8 Å². The summed E-state index contributed by atoms with van der Waals surface area (Å²) in [6, 6.07) is 1.46. The fourth-order valence-electron chi connectivity index (χ4n) is 2.63. The largest absolute Gasteiger partial charge is 0.378 e. The predicted molar refractivity (Wildman–Crippen MR) is 93.5 cm³/mol. The maximum Gasteiger partial charge on any atom is 0.335 e. The Labute approximate surface area is 150 Å². The Kier molecular flexibility index (Phi) is 6.91. The number of carbonyl (C=O) groups is 1. The molecule has 0 unspecified atom stereocenters. The number of morpholine rings is 2. The molecule has 0 atom stereocenters. The molecule has 0 bridgehead atoms. The van der Waals surface area contributed by atoms with Crippen LogP contribution < -0.4 is 9.80 Å². The Morgan fingerprint density at radius 3 is 2.44 bits per heavy atom. The van der Waals surface area contributed by atoms with Gasteiger partial charge in [0.2, 0.25) is 5.82 Å². The van der Waals surface area contributed by atoms with Crippen molar-refractivity contribution in [1.82, 2.24) is 4.98 Å². The molecule has 2 saturated heterocycles. The molecule has 138 valence electrons. The summed E-state index contributed by atoms with van der Waals surface area (Å²) in [4.78, 5) is 30.3. The third-order valence-corrected chi connectivity index (χ3v) is 3.89. The first-order chi connectivity index (χ1) is 12.1. The van der Waals surface area contributed by atoms with E-state index in [0.29, 0.717) is 38.6 Å². The zero-order chi connectivity index (χ0) is 18.4. The fourth-order valence-corrected chi connectivity index (χ4v) is 2.82. The van der Waals surface area contributed by atoms with E-state index in [1.165, 1.54) is 11.0 Å². The normalized spacial score (nSPS) is 17.8. The fraction of sp³-hybridized carbons (Fsp3) is 0.600. The second-order valence-electron chi connectivity index (χ2n) is 5.09. The van der Waals surface area contributed by atoms with Crippen molar-refractivity contribution < 1.29 is 19.2 Å². The average molecular weight is 373 g/mol. The first-order valence-electron chi connectivity index (χ1n) is 8.13. The Morgan fingerprint density at radius 1 is 1.20 bits per heavy atom. The molecule has 10 heteroatoms. The molecule has 2 aliphatic rings. The van der Waals surface area contributed by atoms with Gasteiger partial charge >= 0.3 is 5.69 Å². The van der Waals surface area contributed by atoms with Crippen molar-refractivity contribution in [3.63, 3.8) is 0 Å². The van der Waals surface area contributed by atoms with Gasteiger partial charge in [0.15, 0.2) is 0 Å². The van der Waals surface area contributed by atoms with Crippen LogP contribution in [0.25, 0.3) is 0 Å². The smallest absolute Gasteiger partial charge is 0.335 e. The van der Waals surface area contributed by atoms with Crippen LogP contribution in [-0.2, 0) is 14.3 Å². The zero-order valence-corrected chi connectivity index (χ0v) is 15.0. The van der Waals surface area contributed by atoms with Crippen LogP contribution in [0.5, 0.6) is 0 Å². The number of amides is 1. The molecular formula is C15H21ClN4O5. The van der Waals surface area contributed by atoms with Crippen LogP contribution in [0.2, 0.25) is 5.15 Å². The molecule has 9 nitrogen and oxygen atoms in total. The molecule has 1 amide bonds. The Hall–Kier alpha value is -1.97. The van der Waals surface area contributed by atoms with Crippen LogP contribution in [-0.4, -0.2) is 61.9 Å². The van der Waals surface area contributed by atoms with E-state index in [1.54, 1.807) is 0 Å². The van der Waals surface area contributed by atoms with Gasteiger partial charge in [-0.1, -0.05) is 25.4 Å². The second-order valence-corrected chi connectivity index (χ2v) is 5.48. The molecular weight excluding hydrogens is 352 g/mol. The minimum atomic E-state index is -0.522. The number of halogens is 1. The van der Waals surface area contributed by atoms with E-state index in [1.807, 2.05) is 18.7 Å². The first-order valence-corrected chi connectivity index (χ1v) is 8.51. The molecule has 3 heterocycles. The number of hydrogen-bond donors (Lipinski definition) is 0. The van der Waals surface area contributed by atoms with E-state index >= 15 is 0 Å². The standard InChI is InChI=1S/C13H15ClN4O5.C2H6/c14-10-7-9(16-1-4-22-5-2-16)12(18(20)21)13(15-10)17-3-6-23-8-11(17)19;1-2/h7H,1-6,8H2;1-2H3. The van der Waals surface area contributed by atoms with Gasteiger partial charge in [0.05, 0.1) is 31.3 Å². The lowest BCUT2D eigenvalue weighted by atomic mass is 10.2. The summed E-state index contributed by atoms with van der Waals surface area (Å²) < 4.78 is 10.3. The number of carbonyl (C=O) groups excluding carboxylic acids is 1. The first kappa shape index (κ1) is 19.4. The van der Waals surface area contributed by atoms with Crippen LogP contribution >= 0.6 is 11.6 Å². The highest BCUT2D eigenvalue weighted by atomic mass is 35.5. The Balaban J connectivity index is 0.00000109. The summed E-state index contributed by atoms with van der Waals surface area (Å²) >= 11 is 6.05. The molecule has 3 rings (SSSR count). The number of hydrogen-bond acceptors (Lipinski definition) is 7. The van der Waals surface area contributed by atoms with Gasteiger partial charge in [0.1, 0.15) is 17.4 Å². The molecule has 0 aliphatic carbocycles. The lowest BCUT2D eigenvalue weighted by molar-refractivity contribution is -0.383. The summed E-state index contributed by atoms with van der Waals surface area (Å²) in [6.07, 6.45) is 0. The lowest BCUT2D eigenvalue weighted by Crippen LogP contribution is -2.43. The molecule has 0 saturated carbocycles. The maximum absolute atomic E-state index is 12.0. The molecule has 0 aromatic carbocycles. The van der Waals surface area contributed by atoms with E-state index in [-0.39, 0.29) is 35.7 Å². The van der Waals surface area contributed by atoms with Crippen molar-refractivity contribution in [3.8, 4) is 0 Å². The Bertz CT molecular complexity index is 637. The number of ether oxygens (including phenoxy) is 2. The van der Waals surface area contributed by atoms with Crippen molar-refractivity contribution in [3.05, 3.63) is 21.3 Å². The zero-order valence-electron chi connectivity index (χ0n) is 14.2. The summed E-state index contributed by atoms with van der Waals surface area (Å²) in [5.41, 5.74) is 0.138. The van der Waals surface area contributed by atoms with Crippen LogP contribution in [0.15, 0.2) is 6.07 Å². The molecule has 0 spiro atoms. The van der Waals surface area contributed by atoms with Crippen molar-refractivity contribution in [2.45, 2.75) is 13.8 Å². The van der Waals surface area contributed by atoms with Crippen LogP contribution in [0.4, 0.5) is 17.2 Å². The summed E-state index contributed by atoms with van der Waals surface area (Å²) in [5.74, 6) is -0.403. The Morgan fingerprint density at radius 2 is 1.84 bits per heavy atom. The van der Waals surface area contributed by atoms with Crippen LogP contribution in [0, 0.1) is 10.1 Å².